The van der Waals surface area contributed by atoms with E-state index in [1.807, 2.05) is 0 Å². The van der Waals surface area contributed by atoms with E-state index in [1.165, 1.54) is 41.0 Å². The molecular formula is C14H21NS. The lowest BCUT2D eigenvalue weighted by molar-refractivity contribution is 0.559. The highest BCUT2D eigenvalue weighted by molar-refractivity contribution is 7.99. The molecule has 2 heteroatoms. The Bertz CT molecular complexity index is 322. The van der Waals surface area contributed by atoms with E-state index in [0.717, 1.165) is 12.6 Å². The second kappa shape index (κ2) is 5.74. The highest BCUT2D eigenvalue weighted by Gasteiger charge is 2.14. The van der Waals surface area contributed by atoms with Crippen molar-refractivity contribution < 1.29 is 0 Å². The summed E-state index contributed by atoms with van der Waals surface area (Å²) in [4.78, 5) is 0. The van der Waals surface area contributed by atoms with Crippen molar-refractivity contribution >= 4 is 11.8 Å². The Morgan fingerprint density at radius 3 is 2.69 bits per heavy atom. The van der Waals surface area contributed by atoms with E-state index in [2.05, 4.69) is 49.1 Å². The van der Waals surface area contributed by atoms with Gasteiger partial charge < -0.3 is 5.32 Å². The van der Waals surface area contributed by atoms with Crippen molar-refractivity contribution in [3.8, 4) is 0 Å². The third-order valence-electron chi connectivity index (χ3n) is 3.38. The number of rotatable bonds is 4. The van der Waals surface area contributed by atoms with Crippen LogP contribution in [0, 0.1) is 13.8 Å². The van der Waals surface area contributed by atoms with Gasteiger partial charge in [0, 0.05) is 11.8 Å². The lowest BCUT2D eigenvalue weighted by Gasteiger charge is -2.13. The van der Waals surface area contributed by atoms with Crippen molar-refractivity contribution in [2.24, 2.45) is 0 Å². The number of hydrogen-bond donors (Lipinski definition) is 1. The molecule has 0 aliphatic carbocycles. The second-order valence-electron chi connectivity index (χ2n) is 4.63. The molecule has 0 bridgehead atoms. The molecule has 1 aliphatic heterocycles. The molecule has 1 aromatic rings. The first-order valence-corrected chi connectivity index (χ1v) is 7.29. The van der Waals surface area contributed by atoms with Crippen LogP contribution < -0.4 is 5.32 Å². The van der Waals surface area contributed by atoms with E-state index in [1.54, 1.807) is 0 Å². The fraction of sp³-hybridized carbons (Fsp3) is 0.571. The van der Waals surface area contributed by atoms with Gasteiger partial charge in [-0.2, -0.15) is 11.8 Å². The van der Waals surface area contributed by atoms with E-state index in [-0.39, 0.29) is 0 Å². The van der Waals surface area contributed by atoms with Crippen LogP contribution in [0.2, 0.25) is 0 Å². The van der Waals surface area contributed by atoms with Crippen molar-refractivity contribution in [3.05, 3.63) is 34.9 Å². The molecular weight excluding hydrogens is 214 g/mol. The van der Waals surface area contributed by atoms with Gasteiger partial charge in [-0.15, -0.1) is 0 Å². The summed E-state index contributed by atoms with van der Waals surface area (Å²) in [5.41, 5.74) is 4.39. The Morgan fingerprint density at radius 2 is 2.06 bits per heavy atom. The smallest absolute Gasteiger partial charge is 0.0166 e. The van der Waals surface area contributed by atoms with Gasteiger partial charge in [0.05, 0.1) is 0 Å². The standard InChI is InChI=1S/C14H21NS/c1-11-4-3-5-12(2)14(11)6-8-15-13-7-9-16-10-13/h3-5,13,15H,6-10H2,1-2H3. The van der Waals surface area contributed by atoms with E-state index in [0.29, 0.717) is 0 Å². The third kappa shape index (κ3) is 3.02. The van der Waals surface area contributed by atoms with Crippen molar-refractivity contribution in [1.29, 1.82) is 0 Å². The van der Waals surface area contributed by atoms with Crippen LogP contribution in [0.3, 0.4) is 0 Å². The topological polar surface area (TPSA) is 12.0 Å². The fourth-order valence-corrected chi connectivity index (χ4v) is 3.53. The van der Waals surface area contributed by atoms with Gasteiger partial charge in [0.15, 0.2) is 0 Å². The van der Waals surface area contributed by atoms with Crippen LogP contribution in [0.15, 0.2) is 18.2 Å². The molecule has 1 nitrogen and oxygen atoms in total. The van der Waals surface area contributed by atoms with Crippen LogP contribution in [0.4, 0.5) is 0 Å². The number of nitrogens with one attached hydrogen (secondary N) is 1. The lowest BCUT2D eigenvalue weighted by atomic mass is 10.00. The molecule has 1 saturated heterocycles. The summed E-state index contributed by atoms with van der Waals surface area (Å²) in [5.74, 6) is 2.63. The van der Waals surface area contributed by atoms with E-state index < -0.39 is 0 Å². The molecule has 1 atom stereocenters. The van der Waals surface area contributed by atoms with Gasteiger partial charge in [-0.1, -0.05) is 18.2 Å². The average molecular weight is 235 g/mol. The Hall–Kier alpha value is -0.470. The molecule has 1 aliphatic rings. The molecule has 88 valence electrons. The molecule has 0 radical (unpaired) electrons. The van der Waals surface area contributed by atoms with Crippen molar-refractivity contribution in [2.45, 2.75) is 32.7 Å². The minimum atomic E-state index is 0.759. The Kier molecular flexibility index (Phi) is 4.30. The molecule has 1 heterocycles. The Morgan fingerprint density at radius 1 is 1.31 bits per heavy atom. The van der Waals surface area contributed by atoms with Gasteiger partial charge in [0.1, 0.15) is 0 Å². The number of hydrogen-bond acceptors (Lipinski definition) is 2. The summed E-state index contributed by atoms with van der Waals surface area (Å²) < 4.78 is 0. The molecule has 0 spiro atoms. The first kappa shape index (κ1) is 12.0. The van der Waals surface area contributed by atoms with Gasteiger partial charge >= 0.3 is 0 Å². The molecule has 1 fully saturated rings. The summed E-state index contributed by atoms with van der Waals surface area (Å²) in [6, 6.07) is 7.34. The number of thioether (sulfide) groups is 1. The molecule has 16 heavy (non-hydrogen) atoms. The molecule has 1 unspecified atom stereocenters. The van der Waals surface area contributed by atoms with E-state index >= 15 is 0 Å². The maximum Gasteiger partial charge on any atom is 0.0166 e. The molecule has 2 rings (SSSR count). The van der Waals surface area contributed by atoms with Crippen molar-refractivity contribution in [1.82, 2.24) is 5.32 Å². The second-order valence-corrected chi connectivity index (χ2v) is 5.78. The summed E-state index contributed by atoms with van der Waals surface area (Å²) in [6.07, 6.45) is 2.51. The van der Waals surface area contributed by atoms with Gasteiger partial charge in [0.25, 0.3) is 0 Å². The molecule has 1 N–H and O–H groups in total. The van der Waals surface area contributed by atoms with Gasteiger partial charge in [0.2, 0.25) is 0 Å². The quantitative estimate of drug-likeness (QED) is 0.861. The molecule has 1 aromatic carbocycles. The van der Waals surface area contributed by atoms with Crippen LogP contribution >= 0.6 is 11.8 Å². The summed E-state index contributed by atoms with van der Waals surface area (Å²) in [5, 5.41) is 3.66. The molecule has 0 saturated carbocycles. The summed E-state index contributed by atoms with van der Waals surface area (Å²) in [6.45, 7) is 5.55. The van der Waals surface area contributed by atoms with Gasteiger partial charge in [-0.05, 0) is 55.7 Å². The van der Waals surface area contributed by atoms with Crippen LogP contribution in [-0.4, -0.2) is 24.1 Å². The summed E-state index contributed by atoms with van der Waals surface area (Å²) >= 11 is 2.07. The van der Waals surface area contributed by atoms with E-state index in [9.17, 15) is 0 Å². The average Bonchev–Trinajstić information content (AvgIpc) is 2.75. The van der Waals surface area contributed by atoms with Crippen LogP contribution in [0.25, 0.3) is 0 Å². The van der Waals surface area contributed by atoms with Crippen molar-refractivity contribution in [2.75, 3.05) is 18.1 Å². The van der Waals surface area contributed by atoms with Crippen LogP contribution in [-0.2, 0) is 6.42 Å². The molecule has 0 aromatic heterocycles. The third-order valence-corrected chi connectivity index (χ3v) is 4.54. The zero-order valence-electron chi connectivity index (χ0n) is 10.3. The Labute approximate surface area is 103 Å². The SMILES string of the molecule is Cc1cccc(C)c1CCNC1CCSC1. The fourth-order valence-electron chi connectivity index (χ4n) is 2.34. The highest BCUT2D eigenvalue weighted by atomic mass is 32.2. The van der Waals surface area contributed by atoms with Crippen LogP contribution in [0.5, 0.6) is 0 Å². The summed E-state index contributed by atoms with van der Waals surface area (Å²) in [7, 11) is 0. The zero-order valence-corrected chi connectivity index (χ0v) is 11.1. The maximum atomic E-state index is 3.66. The zero-order chi connectivity index (χ0) is 11.4. The minimum Gasteiger partial charge on any atom is -0.313 e. The first-order valence-electron chi connectivity index (χ1n) is 6.13. The lowest BCUT2D eigenvalue weighted by Crippen LogP contribution is -2.30. The normalized spacial score (nSPS) is 20.2. The maximum absolute atomic E-state index is 3.66. The predicted molar refractivity (Wildman–Crippen MR) is 73.4 cm³/mol. The monoisotopic (exact) mass is 235 g/mol. The highest BCUT2D eigenvalue weighted by Crippen LogP contribution is 2.17. The minimum absolute atomic E-state index is 0.759. The molecule has 0 amide bonds. The Balaban J connectivity index is 1.84. The van der Waals surface area contributed by atoms with Crippen molar-refractivity contribution in [3.63, 3.8) is 0 Å². The van der Waals surface area contributed by atoms with Crippen LogP contribution in [0.1, 0.15) is 23.1 Å². The first-order chi connectivity index (χ1) is 7.77. The van der Waals surface area contributed by atoms with Gasteiger partial charge in [-0.25, -0.2) is 0 Å². The van der Waals surface area contributed by atoms with Gasteiger partial charge in [-0.3, -0.25) is 0 Å². The van der Waals surface area contributed by atoms with E-state index in [4.69, 9.17) is 0 Å². The predicted octanol–water partition coefficient (Wildman–Crippen LogP) is 2.94. The largest absolute Gasteiger partial charge is 0.313 e. The number of benzene rings is 1. The number of aryl methyl sites for hydroxylation is 2.